The van der Waals surface area contributed by atoms with Gasteiger partial charge in [-0.2, -0.15) is 0 Å². The molecule has 6 rings (SSSR count). The highest BCUT2D eigenvalue weighted by atomic mass is 32.1. The molecule has 2 nitrogen and oxygen atoms in total. The van der Waals surface area contributed by atoms with E-state index < -0.39 is 0 Å². The van der Waals surface area contributed by atoms with Gasteiger partial charge in [0.15, 0.2) is 0 Å². The van der Waals surface area contributed by atoms with Gasteiger partial charge in [-0.15, -0.1) is 22.7 Å². The van der Waals surface area contributed by atoms with E-state index in [0.29, 0.717) is 0 Å². The topological polar surface area (TPSA) is 18.5 Å². The summed E-state index contributed by atoms with van der Waals surface area (Å²) < 4.78 is 11.5. The number of ether oxygens (including phenoxy) is 2. The van der Waals surface area contributed by atoms with Crippen LogP contribution in [-0.4, -0.2) is 13.2 Å². The molecule has 0 saturated heterocycles. The number of hydrogen-bond acceptors (Lipinski definition) is 4. The van der Waals surface area contributed by atoms with Crippen molar-refractivity contribution >= 4 is 22.7 Å². The van der Waals surface area contributed by atoms with Crippen LogP contribution >= 0.6 is 22.7 Å². The first kappa shape index (κ1) is 29.0. The molecule has 0 bridgehead atoms. The monoisotopic (exact) mass is 600 g/mol. The molecule has 2 aromatic heterocycles. The summed E-state index contributed by atoms with van der Waals surface area (Å²) in [5.74, 6) is 1.87. The standard InChI is InChI=1S/C39H36O2S2/c1-3-5-27-41-35-20-16-31(17-21-35)29-8-12-33(13-9-29)37-23-25-39(43-37)38-24-22-36(42-38)32-10-6-28(7-11-32)30-14-18-34(19-15-30)40-26-4-2/h6-25H,3-5,26-27H2,1-2H3. The lowest BCUT2D eigenvalue weighted by molar-refractivity contribution is 0.309. The molecule has 0 amide bonds. The number of benzene rings is 4. The van der Waals surface area contributed by atoms with Crippen LogP contribution in [0.1, 0.15) is 33.1 Å². The van der Waals surface area contributed by atoms with E-state index in [2.05, 4.69) is 135 Å². The molecule has 4 aromatic carbocycles. The van der Waals surface area contributed by atoms with Gasteiger partial charge in [0.05, 0.1) is 13.2 Å². The summed E-state index contributed by atoms with van der Waals surface area (Å²) in [6, 6.07) is 43.5. The second-order valence-electron chi connectivity index (χ2n) is 10.6. The predicted molar refractivity (Wildman–Crippen MR) is 186 cm³/mol. The van der Waals surface area contributed by atoms with Crippen LogP contribution < -0.4 is 9.47 Å². The molecule has 0 saturated carbocycles. The molecule has 0 N–H and O–H groups in total. The molecule has 0 atom stereocenters. The van der Waals surface area contributed by atoms with Gasteiger partial charge in [-0.25, -0.2) is 0 Å². The van der Waals surface area contributed by atoms with Crippen LogP contribution in [-0.2, 0) is 0 Å². The maximum Gasteiger partial charge on any atom is 0.119 e. The van der Waals surface area contributed by atoms with Crippen LogP contribution in [0, 0.1) is 0 Å². The van der Waals surface area contributed by atoms with Gasteiger partial charge in [0.25, 0.3) is 0 Å². The van der Waals surface area contributed by atoms with Crippen molar-refractivity contribution < 1.29 is 9.47 Å². The highest BCUT2D eigenvalue weighted by Crippen LogP contribution is 2.41. The van der Waals surface area contributed by atoms with Crippen LogP contribution in [0.5, 0.6) is 11.5 Å². The van der Waals surface area contributed by atoms with Crippen LogP contribution in [0.4, 0.5) is 0 Å². The van der Waals surface area contributed by atoms with Crippen LogP contribution in [0.2, 0.25) is 0 Å². The molecule has 43 heavy (non-hydrogen) atoms. The Balaban J connectivity index is 1.10. The average molecular weight is 601 g/mol. The van der Waals surface area contributed by atoms with E-state index >= 15 is 0 Å². The Morgan fingerprint density at radius 2 is 0.721 bits per heavy atom. The molecule has 0 radical (unpaired) electrons. The third-order valence-corrected chi connectivity index (χ3v) is 9.87. The Hall–Kier alpha value is -4.12. The van der Waals surface area contributed by atoms with E-state index in [-0.39, 0.29) is 0 Å². The third kappa shape index (κ3) is 7.10. The fraction of sp³-hybridized carbons (Fsp3) is 0.179. The van der Waals surface area contributed by atoms with Gasteiger partial charge in [-0.05, 0) is 94.8 Å². The van der Waals surface area contributed by atoms with Crippen molar-refractivity contribution in [2.75, 3.05) is 13.2 Å². The van der Waals surface area contributed by atoms with E-state index in [4.69, 9.17) is 9.47 Å². The number of hydrogen-bond donors (Lipinski definition) is 0. The Labute approximate surface area is 263 Å². The van der Waals surface area contributed by atoms with E-state index in [1.165, 1.54) is 52.9 Å². The smallest absolute Gasteiger partial charge is 0.119 e. The zero-order chi connectivity index (χ0) is 29.4. The van der Waals surface area contributed by atoms with Crippen molar-refractivity contribution in [3.8, 4) is 64.4 Å². The van der Waals surface area contributed by atoms with Crippen LogP contribution in [0.15, 0.2) is 121 Å². The van der Waals surface area contributed by atoms with Crippen molar-refractivity contribution in [1.29, 1.82) is 0 Å². The average Bonchev–Trinajstić information content (AvgIpc) is 3.76. The first-order chi connectivity index (χ1) is 21.2. The highest BCUT2D eigenvalue weighted by molar-refractivity contribution is 7.25. The van der Waals surface area contributed by atoms with Gasteiger partial charge in [-0.3, -0.25) is 0 Å². The summed E-state index contributed by atoms with van der Waals surface area (Å²) in [6.45, 7) is 5.83. The molecule has 0 spiro atoms. The zero-order valence-electron chi connectivity index (χ0n) is 24.7. The Kier molecular flexibility index (Phi) is 9.37. The van der Waals surface area contributed by atoms with E-state index in [0.717, 1.165) is 44.0 Å². The summed E-state index contributed by atoms with van der Waals surface area (Å²) in [4.78, 5) is 5.17. The molecule has 2 heterocycles. The van der Waals surface area contributed by atoms with Gasteiger partial charge in [-0.1, -0.05) is 93.1 Å². The predicted octanol–water partition coefficient (Wildman–Crippen LogP) is 12.1. The molecule has 6 aromatic rings. The SMILES string of the molecule is CCCCOc1ccc(-c2ccc(-c3ccc(-c4ccc(-c5ccc(-c6ccc(OCCC)cc6)cc5)s4)s3)cc2)cc1. The van der Waals surface area contributed by atoms with Gasteiger partial charge >= 0.3 is 0 Å². The van der Waals surface area contributed by atoms with E-state index in [1.807, 2.05) is 22.7 Å². The van der Waals surface area contributed by atoms with E-state index in [1.54, 1.807) is 0 Å². The Morgan fingerprint density at radius 1 is 0.372 bits per heavy atom. The van der Waals surface area contributed by atoms with Crippen molar-refractivity contribution in [2.45, 2.75) is 33.1 Å². The zero-order valence-corrected chi connectivity index (χ0v) is 26.3. The van der Waals surface area contributed by atoms with Crippen molar-refractivity contribution in [1.82, 2.24) is 0 Å². The second kappa shape index (κ2) is 13.9. The van der Waals surface area contributed by atoms with Crippen LogP contribution in [0.3, 0.4) is 0 Å². The molecule has 0 unspecified atom stereocenters. The first-order valence-corrected chi connectivity index (χ1v) is 16.7. The summed E-state index contributed by atoms with van der Waals surface area (Å²) in [6.07, 6.45) is 3.24. The molecule has 0 fully saturated rings. The third-order valence-electron chi connectivity index (χ3n) is 7.41. The summed E-state index contributed by atoms with van der Waals surface area (Å²) in [5, 5.41) is 0. The van der Waals surface area contributed by atoms with Crippen molar-refractivity contribution in [3.63, 3.8) is 0 Å². The Morgan fingerprint density at radius 3 is 1.12 bits per heavy atom. The summed E-state index contributed by atoms with van der Waals surface area (Å²) in [5.41, 5.74) is 7.33. The summed E-state index contributed by atoms with van der Waals surface area (Å²) in [7, 11) is 0. The highest BCUT2D eigenvalue weighted by Gasteiger charge is 2.10. The molecule has 0 aliphatic rings. The maximum absolute atomic E-state index is 5.81. The van der Waals surface area contributed by atoms with Gasteiger partial charge in [0.2, 0.25) is 0 Å². The number of unbranched alkanes of at least 4 members (excludes halogenated alkanes) is 1. The lowest BCUT2D eigenvalue weighted by Crippen LogP contribution is -1.95. The molecule has 0 aliphatic heterocycles. The molecular formula is C39H36O2S2. The lowest BCUT2D eigenvalue weighted by Gasteiger charge is -2.07. The minimum atomic E-state index is 0.752. The van der Waals surface area contributed by atoms with Crippen molar-refractivity contribution in [2.24, 2.45) is 0 Å². The van der Waals surface area contributed by atoms with Gasteiger partial charge in [0, 0.05) is 19.5 Å². The largest absolute Gasteiger partial charge is 0.494 e. The molecule has 4 heteroatoms. The van der Waals surface area contributed by atoms with Crippen LogP contribution in [0.25, 0.3) is 52.9 Å². The minimum absolute atomic E-state index is 0.752. The molecule has 216 valence electrons. The first-order valence-electron chi connectivity index (χ1n) is 15.1. The minimum Gasteiger partial charge on any atom is -0.494 e. The summed E-state index contributed by atoms with van der Waals surface area (Å²) >= 11 is 3.70. The number of thiophene rings is 2. The molecule has 0 aliphatic carbocycles. The molecular weight excluding hydrogens is 565 g/mol. The normalized spacial score (nSPS) is 11.0. The number of rotatable bonds is 12. The van der Waals surface area contributed by atoms with Gasteiger partial charge < -0.3 is 9.47 Å². The quantitative estimate of drug-likeness (QED) is 0.130. The van der Waals surface area contributed by atoms with Crippen molar-refractivity contribution in [3.05, 3.63) is 121 Å². The maximum atomic E-state index is 5.81. The van der Waals surface area contributed by atoms with E-state index in [9.17, 15) is 0 Å². The second-order valence-corrected chi connectivity index (χ2v) is 12.7. The fourth-order valence-electron chi connectivity index (χ4n) is 4.95. The Bertz CT molecular complexity index is 1730. The lowest BCUT2D eigenvalue weighted by atomic mass is 10.0. The fourth-order valence-corrected chi connectivity index (χ4v) is 7.06. The van der Waals surface area contributed by atoms with Gasteiger partial charge in [0.1, 0.15) is 11.5 Å².